The first kappa shape index (κ1) is 13.9. The summed E-state index contributed by atoms with van der Waals surface area (Å²) in [6.07, 6.45) is 4.05. The number of nitrogens with one attached hydrogen (secondary N) is 1. The fraction of sp³-hybridized carbons (Fsp3) is 0.412. The van der Waals surface area contributed by atoms with Gasteiger partial charge in [0.15, 0.2) is 5.69 Å². The van der Waals surface area contributed by atoms with Gasteiger partial charge in [0.1, 0.15) is 5.76 Å². The Balaban J connectivity index is 1.44. The summed E-state index contributed by atoms with van der Waals surface area (Å²) in [6.45, 7) is 0.657. The average Bonchev–Trinajstić information content (AvgIpc) is 3.17. The maximum atomic E-state index is 12.4. The normalized spacial score (nSPS) is 19.5. The van der Waals surface area contributed by atoms with E-state index in [1.807, 2.05) is 11.8 Å². The van der Waals surface area contributed by atoms with Crippen LogP contribution in [0.5, 0.6) is 0 Å². The summed E-state index contributed by atoms with van der Waals surface area (Å²) in [5.41, 5.74) is 2.86. The molecule has 0 radical (unpaired) electrons. The summed E-state index contributed by atoms with van der Waals surface area (Å²) < 4.78 is 5.32. The number of carbonyl (C=O) groups is 1. The van der Waals surface area contributed by atoms with Crippen LogP contribution in [0.1, 0.15) is 46.1 Å². The molecule has 0 spiro atoms. The maximum absolute atomic E-state index is 12.4. The number of nitrogens with zero attached hydrogens (tertiary/aromatic N) is 1. The van der Waals surface area contributed by atoms with Gasteiger partial charge in [-0.25, -0.2) is 0 Å². The maximum Gasteiger partial charge on any atom is 0.273 e. The number of aromatic nitrogens is 1. The molecule has 0 fully saturated rings. The van der Waals surface area contributed by atoms with E-state index in [-0.39, 0.29) is 5.91 Å². The molecular formula is C17H18N2O2S. The van der Waals surface area contributed by atoms with E-state index in [0.717, 1.165) is 42.8 Å². The Morgan fingerprint density at radius 3 is 3.14 bits per heavy atom. The molecule has 1 atom stereocenters. The van der Waals surface area contributed by atoms with Gasteiger partial charge in [0.25, 0.3) is 5.91 Å². The number of fused-ring (bicyclic) bond motifs is 2. The van der Waals surface area contributed by atoms with Crippen LogP contribution in [0, 0.1) is 0 Å². The molecule has 1 amide bonds. The fourth-order valence-corrected chi connectivity index (χ4v) is 4.52. The van der Waals surface area contributed by atoms with Crippen LogP contribution in [0.4, 0.5) is 0 Å². The number of rotatable bonds is 3. The van der Waals surface area contributed by atoms with Crippen LogP contribution in [0.3, 0.4) is 0 Å². The quantitative estimate of drug-likeness (QED) is 0.945. The predicted molar refractivity (Wildman–Crippen MR) is 85.4 cm³/mol. The first-order valence-corrected chi connectivity index (χ1v) is 8.79. The summed E-state index contributed by atoms with van der Waals surface area (Å²) in [5, 5.41) is 7.04. The number of benzene rings is 1. The number of thioether (sulfide) groups is 1. The van der Waals surface area contributed by atoms with Gasteiger partial charge in [-0.2, -0.15) is 0 Å². The van der Waals surface area contributed by atoms with E-state index < -0.39 is 0 Å². The second kappa shape index (κ2) is 5.80. The highest BCUT2D eigenvalue weighted by molar-refractivity contribution is 7.99. The van der Waals surface area contributed by atoms with Crippen molar-refractivity contribution in [3.05, 3.63) is 46.8 Å². The molecular weight excluding hydrogens is 296 g/mol. The molecule has 1 aromatic heterocycles. The Labute approximate surface area is 133 Å². The van der Waals surface area contributed by atoms with Crippen LogP contribution in [-0.2, 0) is 12.8 Å². The van der Waals surface area contributed by atoms with E-state index >= 15 is 0 Å². The van der Waals surface area contributed by atoms with Crippen LogP contribution >= 0.6 is 11.8 Å². The summed E-state index contributed by atoms with van der Waals surface area (Å²) in [4.78, 5) is 13.7. The van der Waals surface area contributed by atoms with E-state index in [1.54, 1.807) is 0 Å². The van der Waals surface area contributed by atoms with E-state index in [4.69, 9.17) is 4.52 Å². The standard InChI is InChI=1S/C17H18N2O2S/c20-17(16-13-6-1-3-7-14(13)21-19-16)18-9-11-10-22-15-8-4-2-5-12(11)15/h2,4-5,8,11H,1,3,6-7,9-10H2,(H,18,20). The summed E-state index contributed by atoms with van der Waals surface area (Å²) >= 11 is 1.86. The van der Waals surface area contributed by atoms with Crippen LogP contribution < -0.4 is 5.32 Å². The van der Waals surface area contributed by atoms with Crippen molar-refractivity contribution in [2.75, 3.05) is 12.3 Å². The van der Waals surface area contributed by atoms with E-state index in [0.29, 0.717) is 18.2 Å². The zero-order valence-corrected chi connectivity index (χ0v) is 13.1. The summed E-state index contributed by atoms with van der Waals surface area (Å²) in [6, 6.07) is 8.43. The minimum absolute atomic E-state index is 0.0960. The average molecular weight is 314 g/mol. The van der Waals surface area contributed by atoms with Crippen LogP contribution in [0.2, 0.25) is 0 Å². The third-order valence-corrected chi connectivity index (χ3v) is 5.72. The molecule has 1 N–H and O–H groups in total. The van der Waals surface area contributed by atoms with Gasteiger partial charge in [-0.05, 0) is 30.9 Å². The van der Waals surface area contributed by atoms with Gasteiger partial charge in [-0.3, -0.25) is 4.79 Å². The van der Waals surface area contributed by atoms with Gasteiger partial charge in [-0.1, -0.05) is 23.4 Å². The molecule has 2 heterocycles. The Morgan fingerprint density at radius 2 is 2.18 bits per heavy atom. The molecule has 22 heavy (non-hydrogen) atoms. The van der Waals surface area contributed by atoms with Crippen LogP contribution in [0.15, 0.2) is 33.7 Å². The van der Waals surface area contributed by atoms with Gasteiger partial charge >= 0.3 is 0 Å². The lowest BCUT2D eigenvalue weighted by Gasteiger charge is -2.12. The highest BCUT2D eigenvalue weighted by Gasteiger charge is 2.26. The second-order valence-electron chi connectivity index (χ2n) is 5.90. The van der Waals surface area contributed by atoms with E-state index in [2.05, 4.69) is 34.7 Å². The number of amides is 1. The van der Waals surface area contributed by atoms with Crippen molar-refractivity contribution in [2.24, 2.45) is 0 Å². The molecule has 2 aliphatic rings. The van der Waals surface area contributed by atoms with Crippen molar-refractivity contribution in [3.63, 3.8) is 0 Å². The van der Waals surface area contributed by atoms with Crippen LogP contribution in [-0.4, -0.2) is 23.4 Å². The lowest BCUT2D eigenvalue weighted by atomic mass is 9.96. The largest absolute Gasteiger partial charge is 0.360 e. The second-order valence-corrected chi connectivity index (χ2v) is 6.96. The smallest absolute Gasteiger partial charge is 0.273 e. The molecule has 1 aliphatic carbocycles. The number of hydrogen-bond donors (Lipinski definition) is 1. The molecule has 0 saturated carbocycles. The summed E-state index contributed by atoms with van der Waals surface area (Å²) in [7, 11) is 0. The van der Waals surface area contributed by atoms with Crippen molar-refractivity contribution in [1.82, 2.24) is 10.5 Å². The molecule has 1 unspecified atom stereocenters. The Morgan fingerprint density at radius 1 is 1.32 bits per heavy atom. The minimum atomic E-state index is -0.0960. The first-order chi connectivity index (χ1) is 10.8. The molecule has 0 bridgehead atoms. The lowest BCUT2D eigenvalue weighted by Crippen LogP contribution is -2.29. The number of hydrogen-bond acceptors (Lipinski definition) is 4. The van der Waals surface area contributed by atoms with Crippen LogP contribution in [0.25, 0.3) is 0 Å². The Bertz CT molecular complexity index is 710. The molecule has 1 aromatic carbocycles. The molecule has 1 aliphatic heterocycles. The molecule has 2 aromatic rings. The van der Waals surface area contributed by atoms with E-state index in [1.165, 1.54) is 10.5 Å². The van der Waals surface area contributed by atoms with Crippen molar-refractivity contribution in [3.8, 4) is 0 Å². The molecule has 5 heteroatoms. The van der Waals surface area contributed by atoms with E-state index in [9.17, 15) is 4.79 Å². The van der Waals surface area contributed by atoms with Crippen molar-refractivity contribution in [2.45, 2.75) is 36.5 Å². The first-order valence-electron chi connectivity index (χ1n) is 7.80. The van der Waals surface area contributed by atoms with Crippen molar-refractivity contribution >= 4 is 17.7 Å². The van der Waals surface area contributed by atoms with Gasteiger partial charge in [-0.15, -0.1) is 11.8 Å². The van der Waals surface area contributed by atoms with Gasteiger partial charge in [0.2, 0.25) is 0 Å². The lowest BCUT2D eigenvalue weighted by molar-refractivity contribution is 0.0942. The molecule has 0 saturated heterocycles. The molecule has 114 valence electrons. The predicted octanol–water partition coefficient (Wildman–Crippen LogP) is 3.17. The highest BCUT2D eigenvalue weighted by Crippen LogP contribution is 2.38. The van der Waals surface area contributed by atoms with Gasteiger partial charge in [0, 0.05) is 35.1 Å². The summed E-state index contributed by atoms with van der Waals surface area (Å²) in [5.74, 6) is 2.21. The Kier molecular flexibility index (Phi) is 3.66. The zero-order valence-electron chi connectivity index (χ0n) is 12.3. The highest BCUT2D eigenvalue weighted by atomic mass is 32.2. The zero-order chi connectivity index (χ0) is 14.9. The van der Waals surface area contributed by atoms with Crippen molar-refractivity contribution in [1.29, 1.82) is 0 Å². The monoisotopic (exact) mass is 314 g/mol. The van der Waals surface area contributed by atoms with Gasteiger partial charge in [0.05, 0.1) is 0 Å². The third-order valence-electron chi connectivity index (χ3n) is 4.47. The van der Waals surface area contributed by atoms with Gasteiger partial charge < -0.3 is 9.84 Å². The fourth-order valence-electron chi connectivity index (χ4n) is 3.26. The number of aryl methyl sites for hydroxylation is 1. The Hall–Kier alpha value is -1.75. The third kappa shape index (κ3) is 2.43. The topological polar surface area (TPSA) is 55.1 Å². The van der Waals surface area contributed by atoms with Crippen molar-refractivity contribution < 1.29 is 9.32 Å². The minimum Gasteiger partial charge on any atom is -0.360 e. The number of carbonyl (C=O) groups excluding carboxylic acids is 1. The molecule has 4 nitrogen and oxygen atoms in total. The SMILES string of the molecule is O=C(NCC1CSc2ccccc21)c1noc2c1CCCC2. The molecule has 4 rings (SSSR count).